The van der Waals surface area contributed by atoms with Crippen molar-refractivity contribution in [2.45, 2.75) is 51.4 Å². The molecular formula is C10H20O5Si. The number of rotatable bonds is 5. The van der Waals surface area contributed by atoms with Crippen molar-refractivity contribution < 1.29 is 24.2 Å². The summed E-state index contributed by atoms with van der Waals surface area (Å²) in [6.45, 7) is 9.70. The third-order valence-corrected chi connectivity index (χ3v) is 7.36. The zero-order valence-corrected chi connectivity index (χ0v) is 11.4. The first-order valence-electron chi connectivity index (χ1n) is 5.10. The van der Waals surface area contributed by atoms with Crippen LogP contribution in [-0.4, -0.2) is 36.6 Å². The zero-order chi connectivity index (χ0) is 13.1. The monoisotopic (exact) mass is 248 g/mol. The fourth-order valence-corrected chi connectivity index (χ4v) is 2.12. The summed E-state index contributed by atoms with van der Waals surface area (Å²) in [6.07, 6.45) is -1.75. The Morgan fingerprint density at radius 2 is 1.69 bits per heavy atom. The van der Waals surface area contributed by atoms with E-state index < -0.39 is 32.8 Å². The second-order valence-electron chi connectivity index (χ2n) is 5.30. The second kappa shape index (κ2) is 4.97. The van der Waals surface area contributed by atoms with Crippen molar-refractivity contribution in [3.8, 4) is 0 Å². The first-order valence-corrected chi connectivity index (χ1v) is 8.00. The molecule has 16 heavy (non-hydrogen) atoms. The lowest BCUT2D eigenvalue weighted by Crippen LogP contribution is -2.46. The van der Waals surface area contributed by atoms with Crippen LogP contribution in [0.25, 0.3) is 0 Å². The van der Waals surface area contributed by atoms with Gasteiger partial charge in [-0.25, -0.2) is 4.79 Å². The number of carboxylic acids is 2. The zero-order valence-electron chi connectivity index (χ0n) is 10.4. The van der Waals surface area contributed by atoms with Gasteiger partial charge in [-0.15, -0.1) is 0 Å². The van der Waals surface area contributed by atoms with E-state index in [9.17, 15) is 9.59 Å². The van der Waals surface area contributed by atoms with Crippen LogP contribution in [0.5, 0.6) is 0 Å². The van der Waals surface area contributed by atoms with Gasteiger partial charge in [-0.2, -0.15) is 0 Å². The van der Waals surface area contributed by atoms with Crippen LogP contribution in [0.15, 0.2) is 0 Å². The average Bonchev–Trinajstić information content (AvgIpc) is 1.98. The van der Waals surface area contributed by atoms with Gasteiger partial charge in [0.15, 0.2) is 14.4 Å². The molecule has 0 saturated heterocycles. The van der Waals surface area contributed by atoms with Crippen LogP contribution in [-0.2, 0) is 14.0 Å². The molecule has 0 aliphatic carbocycles. The molecule has 0 spiro atoms. The Morgan fingerprint density at radius 3 is 1.94 bits per heavy atom. The van der Waals surface area contributed by atoms with Crippen LogP contribution in [0.4, 0.5) is 0 Å². The SMILES string of the molecule is CC(C)(C)[Si](C)(C)OC(CC(=O)O)C(=O)O. The fourth-order valence-electron chi connectivity index (χ4n) is 0.870. The number of aliphatic carboxylic acids is 2. The molecule has 6 heteroatoms. The highest BCUT2D eigenvalue weighted by Gasteiger charge is 2.41. The predicted octanol–water partition coefficient (Wildman–Crippen LogP) is 1.94. The summed E-state index contributed by atoms with van der Waals surface area (Å²) in [6, 6.07) is 0. The fraction of sp³-hybridized carbons (Fsp3) is 0.800. The maximum absolute atomic E-state index is 10.9. The molecule has 1 atom stereocenters. The number of hydrogen-bond acceptors (Lipinski definition) is 3. The van der Waals surface area contributed by atoms with Crippen LogP contribution in [0.2, 0.25) is 18.1 Å². The van der Waals surface area contributed by atoms with Gasteiger partial charge in [0.2, 0.25) is 0 Å². The Balaban J connectivity index is 4.76. The van der Waals surface area contributed by atoms with Crippen LogP contribution < -0.4 is 0 Å². The molecule has 5 nitrogen and oxygen atoms in total. The van der Waals surface area contributed by atoms with Crippen LogP contribution >= 0.6 is 0 Å². The van der Waals surface area contributed by atoms with Crippen molar-refractivity contribution in [3.63, 3.8) is 0 Å². The van der Waals surface area contributed by atoms with Crippen molar-refractivity contribution in [3.05, 3.63) is 0 Å². The summed E-state index contributed by atoms with van der Waals surface area (Å²) in [5.74, 6) is -2.38. The van der Waals surface area contributed by atoms with Gasteiger partial charge < -0.3 is 14.6 Å². The van der Waals surface area contributed by atoms with Gasteiger partial charge >= 0.3 is 11.9 Å². The van der Waals surface area contributed by atoms with Gasteiger partial charge in [-0.3, -0.25) is 4.79 Å². The molecule has 0 aliphatic heterocycles. The van der Waals surface area contributed by atoms with Gasteiger partial charge in [0, 0.05) is 0 Å². The Labute approximate surface area is 96.6 Å². The van der Waals surface area contributed by atoms with E-state index in [0.29, 0.717) is 0 Å². The van der Waals surface area contributed by atoms with Crippen LogP contribution in [0.1, 0.15) is 27.2 Å². The standard InChI is InChI=1S/C10H20O5Si/c1-10(2,3)16(4,5)15-7(9(13)14)6-8(11)12/h7H,6H2,1-5H3,(H,11,12)(H,13,14). The van der Waals surface area contributed by atoms with E-state index in [4.69, 9.17) is 14.6 Å². The van der Waals surface area contributed by atoms with Gasteiger partial charge in [0.25, 0.3) is 0 Å². The van der Waals surface area contributed by atoms with Gasteiger partial charge in [0.1, 0.15) is 0 Å². The van der Waals surface area contributed by atoms with Crippen LogP contribution in [0, 0.1) is 0 Å². The van der Waals surface area contributed by atoms with E-state index >= 15 is 0 Å². The molecule has 0 aromatic rings. The van der Waals surface area contributed by atoms with Gasteiger partial charge in [0.05, 0.1) is 6.42 Å². The van der Waals surface area contributed by atoms with E-state index in [1.165, 1.54) is 0 Å². The van der Waals surface area contributed by atoms with E-state index in [2.05, 4.69) is 0 Å². The molecule has 0 heterocycles. The first-order chi connectivity index (χ1) is 6.97. The molecule has 0 aliphatic rings. The predicted molar refractivity (Wildman–Crippen MR) is 62.0 cm³/mol. The smallest absolute Gasteiger partial charge is 0.332 e. The minimum absolute atomic E-state index is 0.140. The highest BCUT2D eigenvalue weighted by molar-refractivity contribution is 6.74. The molecule has 0 rings (SSSR count). The topological polar surface area (TPSA) is 83.8 Å². The van der Waals surface area contributed by atoms with Crippen molar-refractivity contribution in [1.29, 1.82) is 0 Å². The average molecular weight is 248 g/mol. The Morgan fingerprint density at radius 1 is 1.25 bits per heavy atom. The van der Waals surface area contributed by atoms with E-state index in [0.717, 1.165) is 0 Å². The molecular weight excluding hydrogens is 228 g/mol. The van der Waals surface area contributed by atoms with Gasteiger partial charge in [-0.05, 0) is 18.1 Å². The molecule has 1 unspecified atom stereocenters. The lowest BCUT2D eigenvalue weighted by Gasteiger charge is -2.37. The first kappa shape index (κ1) is 15.1. The lowest BCUT2D eigenvalue weighted by atomic mass is 10.2. The molecule has 0 aromatic carbocycles. The largest absolute Gasteiger partial charge is 0.481 e. The van der Waals surface area contributed by atoms with Crippen molar-refractivity contribution in [2.75, 3.05) is 0 Å². The van der Waals surface area contributed by atoms with E-state index in [1.54, 1.807) is 0 Å². The minimum Gasteiger partial charge on any atom is -0.481 e. The molecule has 0 bridgehead atoms. The third kappa shape index (κ3) is 4.32. The van der Waals surface area contributed by atoms with E-state index in [-0.39, 0.29) is 5.04 Å². The molecule has 0 saturated carbocycles. The summed E-state index contributed by atoms with van der Waals surface area (Å²) >= 11 is 0. The second-order valence-corrected chi connectivity index (χ2v) is 10.1. The van der Waals surface area contributed by atoms with Gasteiger partial charge in [-0.1, -0.05) is 20.8 Å². The van der Waals surface area contributed by atoms with Crippen molar-refractivity contribution in [2.24, 2.45) is 0 Å². The van der Waals surface area contributed by atoms with Crippen molar-refractivity contribution in [1.82, 2.24) is 0 Å². The minimum atomic E-state index is -2.24. The number of carbonyl (C=O) groups is 2. The Bertz CT molecular complexity index is 279. The lowest BCUT2D eigenvalue weighted by molar-refractivity contribution is -0.152. The Hall–Kier alpha value is -0.883. The van der Waals surface area contributed by atoms with Crippen LogP contribution in [0.3, 0.4) is 0 Å². The summed E-state index contributed by atoms with van der Waals surface area (Å²) < 4.78 is 5.53. The quantitative estimate of drug-likeness (QED) is 0.726. The maximum Gasteiger partial charge on any atom is 0.332 e. The molecule has 0 fully saturated rings. The molecule has 0 radical (unpaired) electrons. The normalized spacial score (nSPS) is 14.6. The maximum atomic E-state index is 10.9. The molecule has 2 N–H and O–H groups in total. The molecule has 0 amide bonds. The summed E-state index contributed by atoms with van der Waals surface area (Å²) in [7, 11) is -2.24. The molecule has 0 aromatic heterocycles. The highest BCUT2D eigenvalue weighted by Crippen LogP contribution is 2.37. The summed E-state index contributed by atoms with van der Waals surface area (Å²) in [4.78, 5) is 21.4. The van der Waals surface area contributed by atoms with Crippen molar-refractivity contribution >= 4 is 20.3 Å². The highest BCUT2D eigenvalue weighted by atomic mass is 28.4. The number of hydrogen-bond donors (Lipinski definition) is 2. The summed E-state index contributed by atoms with van der Waals surface area (Å²) in [5.41, 5.74) is 0. The molecule has 94 valence electrons. The number of carboxylic acid groups (broad SMARTS) is 2. The van der Waals surface area contributed by atoms with E-state index in [1.807, 2.05) is 33.9 Å². The Kier molecular flexibility index (Phi) is 4.69. The third-order valence-electron chi connectivity index (χ3n) is 2.88. The summed E-state index contributed by atoms with van der Waals surface area (Å²) in [5, 5.41) is 17.3.